The molecule has 2 saturated heterocycles. The Balaban J connectivity index is 1.94. The quantitative estimate of drug-likeness (QED) is 0.730. The van der Waals surface area contributed by atoms with Gasteiger partial charge in [0.15, 0.2) is 0 Å². The first-order valence-corrected chi connectivity index (χ1v) is 6.56. The van der Waals surface area contributed by atoms with Crippen LogP contribution in [-0.4, -0.2) is 47.5 Å². The number of hydrogen-bond acceptors (Lipinski definition) is 3. The minimum Gasteiger partial charge on any atom is -0.465 e. The van der Waals surface area contributed by atoms with Crippen LogP contribution < -0.4 is 0 Å². The first-order valence-electron chi connectivity index (χ1n) is 6.56. The molecule has 0 spiro atoms. The molecule has 1 N–H and O–H groups in total. The van der Waals surface area contributed by atoms with Crippen molar-refractivity contribution in [1.82, 2.24) is 4.90 Å². The molecule has 0 radical (unpaired) electrons. The zero-order chi connectivity index (χ0) is 13.6. The van der Waals surface area contributed by atoms with E-state index in [0.717, 1.165) is 12.8 Å². The van der Waals surface area contributed by atoms with Crippen molar-refractivity contribution in [2.75, 3.05) is 13.1 Å². The lowest BCUT2D eigenvalue weighted by atomic mass is 9.67. The third-order valence-corrected chi connectivity index (χ3v) is 4.47. The molecule has 0 aromatic carbocycles. The number of likely N-dealkylation sites (tertiary alicyclic amines) is 1. The van der Waals surface area contributed by atoms with E-state index in [2.05, 4.69) is 0 Å². The van der Waals surface area contributed by atoms with Gasteiger partial charge in [-0.2, -0.15) is 0 Å². The Morgan fingerprint density at radius 1 is 1.17 bits per heavy atom. The number of carbonyl (C=O) groups is 1. The minimum absolute atomic E-state index is 0.203. The highest BCUT2D eigenvalue weighted by atomic mass is 16.7. The molecule has 0 unspecified atom stereocenters. The molecular weight excluding hydrogens is 233 g/mol. The second-order valence-corrected chi connectivity index (χ2v) is 6.23. The van der Waals surface area contributed by atoms with Gasteiger partial charge in [-0.25, -0.2) is 4.79 Å². The summed E-state index contributed by atoms with van der Waals surface area (Å²) < 4.78 is 12.0. The predicted molar refractivity (Wildman–Crippen MR) is 68.7 cm³/mol. The number of nitrogens with zero attached hydrogens (tertiary/aromatic N) is 1. The molecule has 0 aliphatic carbocycles. The standard InChI is InChI=1S/C12H22BNO4/c1-11(2)12(3,4)18-13(17-11)9-5-7-14(8-6-9)10(15)16/h9H,5-8H2,1-4H3,(H,15,16). The summed E-state index contributed by atoms with van der Waals surface area (Å²) in [6.45, 7) is 9.31. The third-order valence-electron chi connectivity index (χ3n) is 4.47. The summed E-state index contributed by atoms with van der Waals surface area (Å²) in [6, 6.07) is 0. The number of amides is 1. The van der Waals surface area contributed by atoms with E-state index >= 15 is 0 Å². The first kappa shape index (κ1) is 13.7. The van der Waals surface area contributed by atoms with Crippen LogP contribution in [0.5, 0.6) is 0 Å². The summed E-state index contributed by atoms with van der Waals surface area (Å²) in [5, 5.41) is 8.92. The molecule has 5 nitrogen and oxygen atoms in total. The van der Waals surface area contributed by atoms with E-state index in [1.807, 2.05) is 27.7 Å². The second-order valence-electron chi connectivity index (χ2n) is 6.23. The maximum atomic E-state index is 10.9. The average molecular weight is 255 g/mol. The maximum absolute atomic E-state index is 10.9. The molecule has 18 heavy (non-hydrogen) atoms. The van der Waals surface area contributed by atoms with Crippen molar-refractivity contribution in [3.63, 3.8) is 0 Å². The van der Waals surface area contributed by atoms with Gasteiger partial charge in [-0.05, 0) is 46.4 Å². The van der Waals surface area contributed by atoms with Crippen LogP contribution in [0, 0.1) is 0 Å². The fourth-order valence-corrected chi connectivity index (χ4v) is 2.44. The van der Waals surface area contributed by atoms with Crippen molar-refractivity contribution in [3.05, 3.63) is 0 Å². The number of rotatable bonds is 1. The summed E-state index contributed by atoms with van der Waals surface area (Å²) in [5.74, 6) is 0.293. The molecule has 0 aromatic rings. The molecule has 2 heterocycles. The summed E-state index contributed by atoms with van der Waals surface area (Å²) in [5.41, 5.74) is -0.608. The molecule has 0 bridgehead atoms. The SMILES string of the molecule is CC1(C)OB(C2CCN(C(=O)O)CC2)OC1(C)C. The Hall–Kier alpha value is -0.745. The number of piperidine rings is 1. The van der Waals surface area contributed by atoms with Crippen LogP contribution >= 0.6 is 0 Å². The Kier molecular flexibility index (Phi) is 3.36. The second kappa shape index (κ2) is 4.42. The van der Waals surface area contributed by atoms with Crippen molar-refractivity contribution in [1.29, 1.82) is 0 Å². The summed E-state index contributed by atoms with van der Waals surface area (Å²) in [7, 11) is -0.203. The van der Waals surface area contributed by atoms with Gasteiger partial charge >= 0.3 is 13.2 Å². The maximum Gasteiger partial charge on any atom is 0.461 e. The molecular formula is C12H22BNO4. The van der Waals surface area contributed by atoms with Gasteiger partial charge < -0.3 is 19.3 Å². The minimum atomic E-state index is -0.831. The van der Waals surface area contributed by atoms with Gasteiger partial charge in [0.2, 0.25) is 0 Å². The molecule has 0 atom stereocenters. The summed E-state index contributed by atoms with van der Waals surface area (Å²) in [6.07, 6.45) is 0.786. The van der Waals surface area contributed by atoms with Gasteiger partial charge in [-0.15, -0.1) is 0 Å². The van der Waals surface area contributed by atoms with E-state index < -0.39 is 6.09 Å². The highest BCUT2D eigenvalue weighted by Crippen LogP contribution is 2.42. The zero-order valence-corrected chi connectivity index (χ0v) is 11.6. The average Bonchev–Trinajstić information content (AvgIpc) is 2.48. The lowest BCUT2D eigenvalue weighted by Gasteiger charge is -2.32. The van der Waals surface area contributed by atoms with E-state index in [-0.39, 0.29) is 18.3 Å². The van der Waals surface area contributed by atoms with Gasteiger partial charge in [0, 0.05) is 13.1 Å². The summed E-state index contributed by atoms with van der Waals surface area (Å²) >= 11 is 0. The van der Waals surface area contributed by atoms with Crippen LogP contribution in [0.25, 0.3) is 0 Å². The molecule has 102 valence electrons. The van der Waals surface area contributed by atoms with Crippen molar-refractivity contribution < 1.29 is 19.2 Å². The van der Waals surface area contributed by atoms with E-state index in [1.54, 1.807) is 0 Å². The molecule has 6 heteroatoms. The van der Waals surface area contributed by atoms with Gasteiger partial charge in [-0.3, -0.25) is 0 Å². The zero-order valence-electron chi connectivity index (χ0n) is 11.6. The highest BCUT2D eigenvalue weighted by Gasteiger charge is 2.53. The Morgan fingerprint density at radius 2 is 1.61 bits per heavy atom. The Morgan fingerprint density at radius 3 is 2.00 bits per heavy atom. The molecule has 1 amide bonds. The van der Waals surface area contributed by atoms with Crippen molar-refractivity contribution in [2.45, 2.75) is 57.6 Å². The van der Waals surface area contributed by atoms with Gasteiger partial charge in [-0.1, -0.05) is 0 Å². The van der Waals surface area contributed by atoms with Crippen LogP contribution in [0.3, 0.4) is 0 Å². The van der Waals surface area contributed by atoms with Crippen molar-refractivity contribution >= 4 is 13.2 Å². The fraction of sp³-hybridized carbons (Fsp3) is 0.917. The van der Waals surface area contributed by atoms with Crippen LogP contribution in [0.2, 0.25) is 5.82 Å². The van der Waals surface area contributed by atoms with E-state index in [9.17, 15) is 4.79 Å². The topological polar surface area (TPSA) is 59.0 Å². The first-order chi connectivity index (χ1) is 8.23. The van der Waals surface area contributed by atoms with Gasteiger partial charge in [0.05, 0.1) is 11.2 Å². The molecule has 2 aliphatic heterocycles. The Labute approximate surface area is 109 Å². The van der Waals surface area contributed by atoms with Crippen LogP contribution in [-0.2, 0) is 9.31 Å². The third kappa shape index (κ3) is 2.36. The summed E-state index contributed by atoms with van der Waals surface area (Å²) in [4.78, 5) is 12.3. The Bertz CT molecular complexity index is 321. The normalized spacial score (nSPS) is 27.6. The number of carboxylic acid groups (broad SMARTS) is 1. The molecule has 2 fully saturated rings. The molecule has 2 rings (SSSR count). The monoisotopic (exact) mass is 255 g/mol. The molecule has 0 saturated carbocycles. The van der Waals surface area contributed by atoms with Crippen molar-refractivity contribution in [3.8, 4) is 0 Å². The smallest absolute Gasteiger partial charge is 0.461 e. The lowest BCUT2D eigenvalue weighted by molar-refractivity contribution is 0.00578. The molecule has 2 aliphatic rings. The van der Waals surface area contributed by atoms with Gasteiger partial charge in [0.25, 0.3) is 0 Å². The fourth-order valence-electron chi connectivity index (χ4n) is 2.44. The largest absolute Gasteiger partial charge is 0.465 e. The van der Waals surface area contributed by atoms with Crippen LogP contribution in [0.15, 0.2) is 0 Å². The highest BCUT2D eigenvalue weighted by molar-refractivity contribution is 6.47. The van der Waals surface area contributed by atoms with E-state index in [1.165, 1.54) is 4.90 Å². The van der Waals surface area contributed by atoms with E-state index in [4.69, 9.17) is 14.4 Å². The molecule has 0 aromatic heterocycles. The van der Waals surface area contributed by atoms with Crippen LogP contribution in [0.4, 0.5) is 4.79 Å². The van der Waals surface area contributed by atoms with Gasteiger partial charge in [0.1, 0.15) is 0 Å². The number of hydrogen-bond donors (Lipinski definition) is 1. The van der Waals surface area contributed by atoms with Crippen molar-refractivity contribution in [2.24, 2.45) is 0 Å². The van der Waals surface area contributed by atoms with Crippen LogP contribution in [0.1, 0.15) is 40.5 Å². The lowest BCUT2D eigenvalue weighted by Crippen LogP contribution is -2.41. The predicted octanol–water partition coefficient (Wildman–Crippen LogP) is 2.22. The van der Waals surface area contributed by atoms with E-state index in [0.29, 0.717) is 18.9 Å².